The number of hydrogen-bond acceptors (Lipinski definition) is 4. The van der Waals surface area contributed by atoms with Gasteiger partial charge in [0.05, 0.1) is 26.2 Å². The van der Waals surface area contributed by atoms with Gasteiger partial charge in [0.25, 0.3) is 0 Å². The highest BCUT2D eigenvalue weighted by Crippen LogP contribution is 2.23. The quantitative estimate of drug-likeness (QED) is 0.886. The van der Waals surface area contributed by atoms with Gasteiger partial charge in [0, 0.05) is 25.2 Å². The third-order valence-electron chi connectivity index (χ3n) is 3.99. The highest BCUT2D eigenvalue weighted by molar-refractivity contribution is 5.80. The fourth-order valence-corrected chi connectivity index (χ4v) is 2.73. The Bertz CT molecular complexity index is 504. The zero-order valence-electron chi connectivity index (χ0n) is 13.2. The fourth-order valence-electron chi connectivity index (χ4n) is 2.73. The first-order valence-corrected chi connectivity index (χ1v) is 7.20. The molecular weight excluding hydrogens is 268 g/mol. The summed E-state index contributed by atoms with van der Waals surface area (Å²) in [6.45, 7) is 3.65. The first-order valence-electron chi connectivity index (χ1n) is 7.20. The standard InChI is InChI=1S/C16H24N2O3/c1-11-5-6-15(20-4)12(7-11)8-18(3)16(19)13-9-21-10-14(13)17-2/h5-7,13-14,17H,8-10H2,1-4H3. The smallest absolute Gasteiger partial charge is 0.229 e. The second kappa shape index (κ2) is 6.91. The Labute approximate surface area is 126 Å². The van der Waals surface area contributed by atoms with E-state index < -0.39 is 0 Å². The van der Waals surface area contributed by atoms with Crippen molar-refractivity contribution in [3.8, 4) is 5.75 Å². The van der Waals surface area contributed by atoms with E-state index in [0.717, 1.165) is 16.9 Å². The number of benzene rings is 1. The molecule has 1 aromatic carbocycles. The van der Waals surface area contributed by atoms with Crippen molar-refractivity contribution in [3.63, 3.8) is 0 Å². The molecule has 0 aromatic heterocycles. The van der Waals surface area contributed by atoms with E-state index in [-0.39, 0.29) is 17.9 Å². The van der Waals surface area contributed by atoms with Crippen molar-refractivity contribution in [2.24, 2.45) is 5.92 Å². The minimum atomic E-state index is -0.115. The van der Waals surface area contributed by atoms with Crippen LogP contribution in [0.3, 0.4) is 0 Å². The third-order valence-corrected chi connectivity index (χ3v) is 3.99. The molecule has 0 radical (unpaired) electrons. The summed E-state index contributed by atoms with van der Waals surface area (Å²) in [5.74, 6) is 0.805. The number of nitrogens with zero attached hydrogens (tertiary/aromatic N) is 1. The van der Waals surface area contributed by atoms with Crippen LogP contribution in [0, 0.1) is 12.8 Å². The van der Waals surface area contributed by atoms with Crippen molar-refractivity contribution in [1.82, 2.24) is 10.2 Å². The molecule has 2 rings (SSSR count). The molecule has 1 heterocycles. The van der Waals surface area contributed by atoms with E-state index >= 15 is 0 Å². The van der Waals surface area contributed by atoms with E-state index in [1.807, 2.05) is 33.2 Å². The van der Waals surface area contributed by atoms with Crippen molar-refractivity contribution in [2.45, 2.75) is 19.5 Å². The molecule has 0 saturated carbocycles. The van der Waals surface area contributed by atoms with Crippen molar-refractivity contribution < 1.29 is 14.3 Å². The van der Waals surface area contributed by atoms with Gasteiger partial charge >= 0.3 is 0 Å². The number of amides is 1. The predicted molar refractivity (Wildman–Crippen MR) is 81.4 cm³/mol. The molecule has 1 N–H and O–H groups in total. The fraction of sp³-hybridized carbons (Fsp3) is 0.562. The zero-order chi connectivity index (χ0) is 15.4. The van der Waals surface area contributed by atoms with Gasteiger partial charge < -0.3 is 19.7 Å². The number of rotatable bonds is 5. The molecule has 5 nitrogen and oxygen atoms in total. The zero-order valence-corrected chi connectivity index (χ0v) is 13.2. The van der Waals surface area contributed by atoms with Crippen LogP contribution < -0.4 is 10.1 Å². The number of hydrogen-bond donors (Lipinski definition) is 1. The van der Waals surface area contributed by atoms with Gasteiger partial charge in [0.15, 0.2) is 0 Å². The Morgan fingerprint density at radius 1 is 1.48 bits per heavy atom. The van der Waals surface area contributed by atoms with Gasteiger partial charge in [0.1, 0.15) is 5.75 Å². The number of carbonyl (C=O) groups excluding carboxylic acids is 1. The van der Waals surface area contributed by atoms with E-state index in [4.69, 9.17) is 9.47 Å². The summed E-state index contributed by atoms with van der Waals surface area (Å²) < 4.78 is 10.8. The molecule has 116 valence electrons. The molecular formula is C16H24N2O3. The molecule has 0 spiro atoms. The molecule has 1 aliphatic rings. The summed E-state index contributed by atoms with van der Waals surface area (Å²) in [5, 5.41) is 3.15. The lowest BCUT2D eigenvalue weighted by Crippen LogP contribution is -2.43. The first kappa shape index (κ1) is 15.8. The molecule has 1 saturated heterocycles. The highest BCUT2D eigenvalue weighted by Gasteiger charge is 2.34. The van der Waals surface area contributed by atoms with Crippen LogP contribution in [0.5, 0.6) is 5.75 Å². The minimum absolute atomic E-state index is 0.0966. The summed E-state index contributed by atoms with van der Waals surface area (Å²) >= 11 is 0. The predicted octanol–water partition coefficient (Wildman–Crippen LogP) is 1.20. The number of methoxy groups -OCH3 is 1. The van der Waals surface area contributed by atoms with E-state index in [1.54, 1.807) is 12.0 Å². The number of nitrogens with one attached hydrogen (secondary N) is 1. The molecule has 2 atom stereocenters. The summed E-state index contributed by atoms with van der Waals surface area (Å²) in [4.78, 5) is 14.3. The van der Waals surface area contributed by atoms with Gasteiger partial charge in [-0.25, -0.2) is 0 Å². The number of likely N-dealkylation sites (N-methyl/N-ethyl adjacent to an activating group) is 1. The van der Waals surface area contributed by atoms with E-state index in [0.29, 0.717) is 19.8 Å². The maximum atomic E-state index is 12.6. The second-order valence-electron chi connectivity index (χ2n) is 5.55. The van der Waals surface area contributed by atoms with Crippen molar-refractivity contribution in [1.29, 1.82) is 0 Å². The SMILES string of the molecule is CNC1COCC1C(=O)N(C)Cc1cc(C)ccc1OC. The molecule has 1 aliphatic heterocycles. The highest BCUT2D eigenvalue weighted by atomic mass is 16.5. The number of ether oxygens (including phenoxy) is 2. The normalized spacial score (nSPS) is 21.3. The number of aryl methyl sites for hydroxylation is 1. The summed E-state index contributed by atoms with van der Waals surface area (Å²) in [5.41, 5.74) is 2.18. The lowest BCUT2D eigenvalue weighted by atomic mass is 10.0. The Morgan fingerprint density at radius 2 is 2.24 bits per heavy atom. The van der Waals surface area contributed by atoms with Crippen LogP contribution in [0.25, 0.3) is 0 Å². The summed E-state index contributed by atoms with van der Waals surface area (Å²) in [6.07, 6.45) is 0. The van der Waals surface area contributed by atoms with Gasteiger partial charge in [-0.2, -0.15) is 0 Å². The molecule has 1 fully saturated rings. The molecule has 2 unspecified atom stereocenters. The van der Waals surface area contributed by atoms with E-state index in [9.17, 15) is 4.79 Å². The largest absolute Gasteiger partial charge is 0.496 e. The average Bonchev–Trinajstić information content (AvgIpc) is 2.95. The maximum absolute atomic E-state index is 12.6. The summed E-state index contributed by atoms with van der Waals surface area (Å²) in [7, 11) is 5.34. The Hall–Kier alpha value is -1.59. The minimum Gasteiger partial charge on any atom is -0.496 e. The van der Waals surface area contributed by atoms with Crippen molar-refractivity contribution in [3.05, 3.63) is 29.3 Å². The Balaban J connectivity index is 2.09. The lowest BCUT2D eigenvalue weighted by molar-refractivity contribution is -0.135. The molecule has 0 bridgehead atoms. The van der Waals surface area contributed by atoms with Crippen LogP contribution in [-0.4, -0.2) is 51.3 Å². The Morgan fingerprint density at radius 3 is 2.90 bits per heavy atom. The van der Waals surface area contributed by atoms with Gasteiger partial charge in [-0.05, 0) is 20.0 Å². The van der Waals surface area contributed by atoms with Crippen LogP contribution in [0.4, 0.5) is 0 Å². The van der Waals surface area contributed by atoms with Crippen LogP contribution in [0.1, 0.15) is 11.1 Å². The number of carbonyl (C=O) groups is 1. The van der Waals surface area contributed by atoms with Crippen LogP contribution in [0.15, 0.2) is 18.2 Å². The second-order valence-corrected chi connectivity index (χ2v) is 5.55. The van der Waals surface area contributed by atoms with Crippen molar-refractivity contribution >= 4 is 5.91 Å². The van der Waals surface area contributed by atoms with Gasteiger partial charge in [-0.3, -0.25) is 4.79 Å². The average molecular weight is 292 g/mol. The van der Waals surface area contributed by atoms with Crippen LogP contribution >= 0.6 is 0 Å². The van der Waals surface area contributed by atoms with Crippen LogP contribution in [0.2, 0.25) is 0 Å². The van der Waals surface area contributed by atoms with Crippen LogP contribution in [-0.2, 0) is 16.1 Å². The Kier molecular flexibility index (Phi) is 5.20. The topological polar surface area (TPSA) is 50.8 Å². The monoisotopic (exact) mass is 292 g/mol. The molecule has 5 heteroatoms. The van der Waals surface area contributed by atoms with Gasteiger partial charge in [0.2, 0.25) is 5.91 Å². The van der Waals surface area contributed by atoms with E-state index in [1.165, 1.54) is 0 Å². The molecule has 0 aliphatic carbocycles. The summed E-state index contributed by atoms with van der Waals surface area (Å²) in [6, 6.07) is 6.10. The first-order chi connectivity index (χ1) is 10.1. The van der Waals surface area contributed by atoms with Gasteiger partial charge in [-0.15, -0.1) is 0 Å². The van der Waals surface area contributed by atoms with Crippen molar-refractivity contribution in [2.75, 3.05) is 34.4 Å². The maximum Gasteiger partial charge on any atom is 0.229 e. The lowest BCUT2D eigenvalue weighted by Gasteiger charge is -2.24. The molecule has 1 amide bonds. The molecule has 1 aromatic rings. The van der Waals surface area contributed by atoms with Gasteiger partial charge in [-0.1, -0.05) is 17.7 Å². The van der Waals surface area contributed by atoms with E-state index in [2.05, 4.69) is 11.4 Å². The third kappa shape index (κ3) is 3.54. The molecule has 21 heavy (non-hydrogen) atoms.